The molecule has 0 atom stereocenters. The molecule has 0 unspecified atom stereocenters. The molecule has 0 radical (unpaired) electrons. The largest absolute Gasteiger partial charge is 0.383 e. The summed E-state index contributed by atoms with van der Waals surface area (Å²) < 4.78 is 13.6. The molecule has 1 heterocycles. The van der Waals surface area contributed by atoms with Crippen molar-refractivity contribution in [3.63, 3.8) is 0 Å². The minimum absolute atomic E-state index is 0.0558. The minimum Gasteiger partial charge on any atom is -0.383 e. The molecular formula is C18H10Cl2FN3. The summed E-state index contributed by atoms with van der Waals surface area (Å²) in [5.41, 5.74) is 8.24. The number of hydrogen-bond acceptors (Lipinski definition) is 3. The first-order valence-electron chi connectivity index (χ1n) is 6.91. The van der Waals surface area contributed by atoms with Crippen molar-refractivity contribution in [3.05, 3.63) is 70.0 Å². The highest BCUT2D eigenvalue weighted by Crippen LogP contribution is 2.35. The Balaban J connectivity index is 2.26. The van der Waals surface area contributed by atoms with Gasteiger partial charge in [-0.05, 0) is 42.0 Å². The second-order valence-electron chi connectivity index (χ2n) is 5.06. The fourth-order valence-corrected chi connectivity index (χ4v) is 2.91. The summed E-state index contributed by atoms with van der Waals surface area (Å²) in [6.45, 7) is 0. The van der Waals surface area contributed by atoms with Crippen molar-refractivity contribution in [1.82, 2.24) is 4.98 Å². The third kappa shape index (κ3) is 3.05. The summed E-state index contributed by atoms with van der Waals surface area (Å²) >= 11 is 12.1. The quantitative estimate of drug-likeness (QED) is 0.675. The lowest BCUT2D eigenvalue weighted by Crippen LogP contribution is -2.00. The van der Waals surface area contributed by atoms with E-state index in [0.717, 1.165) is 0 Å². The van der Waals surface area contributed by atoms with Crippen molar-refractivity contribution >= 4 is 29.0 Å². The standard InChI is InChI=1S/C18H10Cl2FN3/c19-11-4-5-13(16(20)7-11)17-8-14(15(9-22)18(23)24-17)10-2-1-3-12(21)6-10/h1-8H,(H2,23,24). The second kappa shape index (κ2) is 6.48. The normalized spacial score (nSPS) is 10.4. The molecular weight excluding hydrogens is 348 g/mol. The van der Waals surface area contributed by atoms with E-state index in [0.29, 0.717) is 32.4 Å². The number of nitrogen functional groups attached to an aromatic ring is 1. The maximum absolute atomic E-state index is 13.6. The van der Waals surface area contributed by atoms with Crippen LogP contribution in [0.1, 0.15) is 5.56 Å². The predicted octanol–water partition coefficient (Wildman–Crippen LogP) is 5.32. The molecule has 0 bridgehead atoms. The molecule has 0 spiro atoms. The number of nitrogens with zero attached hydrogens (tertiary/aromatic N) is 2. The summed E-state index contributed by atoms with van der Waals surface area (Å²) in [5.74, 6) is -0.349. The van der Waals surface area contributed by atoms with E-state index in [4.69, 9.17) is 28.9 Å². The van der Waals surface area contributed by atoms with E-state index in [1.807, 2.05) is 6.07 Å². The molecule has 0 fully saturated rings. The third-order valence-corrected chi connectivity index (χ3v) is 4.05. The highest BCUT2D eigenvalue weighted by molar-refractivity contribution is 6.36. The summed E-state index contributed by atoms with van der Waals surface area (Å²) in [5, 5.41) is 10.3. The smallest absolute Gasteiger partial charge is 0.142 e. The molecule has 24 heavy (non-hydrogen) atoms. The van der Waals surface area contributed by atoms with Crippen molar-refractivity contribution in [2.45, 2.75) is 0 Å². The molecule has 6 heteroatoms. The minimum atomic E-state index is -0.405. The van der Waals surface area contributed by atoms with Crippen LogP contribution < -0.4 is 5.73 Å². The molecule has 0 aliphatic rings. The molecule has 2 aromatic carbocycles. The monoisotopic (exact) mass is 357 g/mol. The molecule has 3 aromatic rings. The van der Waals surface area contributed by atoms with E-state index in [1.165, 1.54) is 12.1 Å². The summed E-state index contributed by atoms with van der Waals surface area (Å²) in [6, 6.07) is 14.6. The van der Waals surface area contributed by atoms with Crippen LogP contribution in [-0.2, 0) is 0 Å². The molecule has 1 aromatic heterocycles. The van der Waals surface area contributed by atoms with Crippen LogP contribution in [0.2, 0.25) is 10.0 Å². The van der Waals surface area contributed by atoms with Gasteiger partial charge >= 0.3 is 0 Å². The fraction of sp³-hybridized carbons (Fsp3) is 0. The number of anilines is 1. The van der Waals surface area contributed by atoms with Crippen LogP contribution in [0, 0.1) is 17.1 Å². The van der Waals surface area contributed by atoms with Crippen molar-refractivity contribution in [1.29, 1.82) is 5.26 Å². The number of halogens is 3. The van der Waals surface area contributed by atoms with Crippen LogP contribution in [0.5, 0.6) is 0 Å². The van der Waals surface area contributed by atoms with Crippen molar-refractivity contribution < 1.29 is 4.39 Å². The molecule has 118 valence electrons. The average molecular weight is 358 g/mol. The van der Waals surface area contributed by atoms with Crippen LogP contribution in [0.25, 0.3) is 22.4 Å². The topological polar surface area (TPSA) is 62.7 Å². The van der Waals surface area contributed by atoms with Crippen LogP contribution in [0.3, 0.4) is 0 Å². The van der Waals surface area contributed by atoms with Gasteiger partial charge in [-0.15, -0.1) is 0 Å². The molecule has 0 saturated carbocycles. The predicted molar refractivity (Wildman–Crippen MR) is 94.2 cm³/mol. The molecule has 0 aliphatic heterocycles. The molecule has 2 N–H and O–H groups in total. The summed E-state index contributed by atoms with van der Waals surface area (Å²) in [6.07, 6.45) is 0. The summed E-state index contributed by atoms with van der Waals surface area (Å²) in [7, 11) is 0. The zero-order valence-electron chi connectivity index (χ0n) is 12.2. The highest BCUT2D eigenvalue weighted by Gasteiger charge is 2.15. The van der Waals surface area contributed by atoms with Gasteiger partial charge in [-0.25, -0.2) is 9.37 Å². The molecule has 3 rings (SSSR count). The number of benzene rings is 2. The zero-order chi connectivity index (χ0) is 17.3. The number of hydrogen-bond donors (Lipinski definition) is 1. The van der Waals surface area contributed by atoms with Gasteiger partial charge in [0.1, 0.15) is 23.3 Å². The number of rotatable bonds is 2. The van der Waals surface area contributed by atoms with Gasteiger partial charge in [0, 0.05) is 16.1 Å². The third-order valence-electron chi connectivity index (χ3n) is 3.50. The van der Waals surface area contributed by atoms with Gasteiger partial charge in [0.2, 0.25) is 0 Å². The van der Waals surface area contributed by atoms with Gasteiger partial charge in [-0.3, -0.25) is 0 Å². The van der Waals surface area contributed by atoms with Crippen molar-refractivity contribution in [3.8, 4) is 28.5 Å². The lowest BCUT2D eigenvalue weighted by atomic mass is 9.98. The fourth-order valence-electron chi connectivity index (χ4n) is 2.40. The van der Waals surface area contributed by atoms with Gasteiger partial charge in [0.05, 0.1) is 10.7 Å². The van der Waals surface area contributed by atoms with Crippen LogP contribution in [0.4, 0.5) is 10.2 Å². The van der Waals surface area contributed by atoms with Crippen LogP contribution >= 0.6 is 23.2 Å². The second-order valence-corrected chi connectivity index (χ2v) is 5.91. The molecule has 3 nitrogen and oxygen atoms in total. The molecule has 0 amide bonds. The lowest BCUT2D eigenvalue weighted by molar-refractivity contribution is 0.628. The van der Waals surface area contributed by atoms with E-state index in [9.17, 15) is 9.65 Å². The van der Waals surface area contributed by atoms with Gasteiger partial charge in [0.25, 0.3) is 0 Å². The van der Waals surface area contributed by atoms with Gasteiger partial charge in [-0.1, -0.05) is 35.3 Å². The van der Waals surface area contributed by atoms with E-state index in [1.54, 1.807) is 36.4 Å². The van der Waals surface area contributed by atoms with Crippen LogP contribution in [-0.4, -0.2) is 4.98 Å². The van der Waals surface area contributed by atoms with E-state index in [-0.39, 0.29) is 11.4 Å². The Kier molecular flexibility index (Phi) is 4.39. The van der Waals surface area contributed by atoms with Gasteiger partial charge in [-0.2, -0.15) is 5.26 Å². The Bertz CT molecular complexity index is 980. The van der Waals surface area contributed by atoms with Gasteiger partial charge in [0.15, 0.2) is 0 Å². The van der Waals surface area contributed by atoms with E-state index < -0.39 is 5.82 Å². The number of aromatic nitrogens is 1. The Morgan fingerprint density at radius 1 is 1.04 bits per heavy atom. The van der Waals surface area contributed by atoms with Gasteiger partial charge < -0.3 is 5.73 Å². The number of nitrogens with two attached hydrogens (primary N) is 1. The molecule has 0 aliphatic carbocycles. The first-order valence-corrected chi connectivity index (χ1v) is 7.67. The van der Waals surface area contributed by atoms with Crippen LogP contribution in [0.15, 0.2) is 48.5 Å². The van der Waals surface area contributed by atoms with E-state index in [2.05, 4.69) is 4.98 Å². The maximum Gasteiger partial charge on any atom is 0.142 e. The van der Waals surface area contributed by atoms with Crippen molar-refractivity contribution in [2.75, 3.05) is 5.73 Å². The Hall–Kier alpha value is -2.61. The van der Waals surface area contributed by atoms with Crippen molar-refractivity contribution in [2.24, 2.45) is 0 Å². The lowest BCUT2D eigenvalue weighted by Gasteiger charge is -2.11. The van der Waals surface area contributed by atoms with E-state index >= 15 is 0 Å². The Morgan fingerprint density at radius 3 is 2.50 bits per heavy atom. The maximum atomic E-state index is 13.6. The summed E-state index contributed by atoms with van der Waals surface area (Å²) in [4.78, 5) is 4.25. The Labute approximate surface area is 148 Å². The number of nitriles is 1. The first kappa shape index (κ1) is 16.3. The zero-order valence-corrected chi connectivity index (χ0v) is 13.7. The molecule has 0 saturated heterocycles. The SMILES string of the molecule is N#Cc1c(-c2cccc(F)c2)cc(-c2ccc(Cl)cc2Cl)nc1N. The Morgan fingerprint density at radius 2 is 1.83 bits per heavy atom. The number of pyridine rings is 1. The first-order chi connectivity index (χ1) is 11.5. The average Bonchev–Trinajstić information content (AvgIpc) is 2.54. The highest BCUT2D eigenvalue weighted by atomic mass is 35.5.